The van der Waals surface area contributed by atoms with Crippen LogP contribution in [0.25, 0.3) is 6.08 Å². The van der Waals surface area contributed by atoms with Crippen molar-refractivity contribution in [2.24, 2.45) is 0 Å². The second kappa shape index (κ2) is 7.28. The summed E-state index contributed by atoms with van der Waals surface area (Å²) < 4.78 is 5.95. The summed E-state index contributed by atoms with van der Waals surface area (Å²) in [6, 6.07) is 15.6. The van der Waals surface area contributed by atoms with Gasteiger partial charge in [0.25, 0.3) is 0 Å². The third-order valence-corrected chi connectivity index (χ3v) is 4.25. The number of allylic oxidation sites excluding steroid dienone is 1. The van der Waals surface area contributed by atoms with Crippen LogP contribution in [-0.4, -0.2) is 11.9 Å². The summed E-state index contributed by atoms with van der Waals surface area (Å²) in [4.78, 5) is 12.1. The van der Waals surface area contributed by atoms with Crippen molar-refractivity contribution in [3.63, 3.8) is 0 Å². The van der Waals surface area contributed by atoms with Gasteiger partial charge in [-0.1, -0.05) is 48.0 Å². The normalized spacial score (nSPS) is 15.2. The van der Waals surface area contributed by atoms with E-state index in [0.717, 1.165) is 29.7 Å². The monoisotopic (exact) mass is 306 g/mol. The summed E-state index contributed by atoms with van der Waals surface area (Å²) in [5.41, 5.74) is 2.88. The third kappa shape index (κ3) is 4.32. The number of benzene rings is 2. The zero-order chi connectivity index (χ0) is 16.1. The highest BCUT2D eigenvalue weighted by molar-refractivity contribution is 6.06. The maximum atomic E-state index is 12.1. The molecule has 2 aromatic rings. The van der Waals surface area contributed by atoms with Crippen molar-refractivity contribution in [3.05, 3.63) is 71.3 Å². The minimum atomic E-state index is 0.0243. The van der Waals surface area contributed by atoms with Gasteiger partial charge in [0.05, 0.1) is 6.10 Å². The summed E-state index contributed by atoms with van der Waals surface area (Å²) in [5.74, 6) is 0.940. The lowest BCUT2D eigenvalue weighted by atomic mass is 10.1. The van der Waals surface area contributed by atoms with E-state index in [9.17, 15) is 4.79 Å². The molecule has 0 unspecified atom stereocenters. The summed E-state index contributed by atoms with van der Waals surface area (Å²) in [5, 5.41) is 0. The van der Waals surface area contributed by atoms with Gasteiger partial charge < -0.3 is 4.74 Å². The van der Waals surface area contributed by atoms with E-state index < -0.39 is 0 Å². The third-order valence-electron chi connectivity index (χ3n) is 4.25. The van der Waals surface area contributed by atoms with E-state index in [4.69, 9.17) is 4.74 Å². The molecule has 1 aliphatic carbocycles. The molecule has 1 aliphatic rings. The fourth-order valence-corrected chi connectivity index (χ4v) is 2.84. The summed E-state index contributed by atoms with van der Waals surface area (Å²) in [6.07, 6.45) is 8.71. The smallest absolute Gasteiger partial charge is 0.185 e. The molecule has 0 bridgehead atoms. The topological polar surface area (TPSA) is 26.3 Å². The van der Waals surface area contributed by atoms with Crippen molar-refractivity contribution in [1.82, 2.24) is 0 Å². The van der Waals surface area contributed by atoms with E-state index in [1.807, 2.05) is 61.5 Å². The van der Waals surface area contributed by atoms with Gasteiger partial charge in [-0.05, 0) is 56.4 Å². The number of ether oxygens (including phenoxy) is 1. The molecule has 1 saturated carbocycles. The molecule has 0 radical (unpaired) electrons. The van der Waals surface area contributed by atoms with Crippen molar-refractivity contribution >= 4 is 11.9 Å². The van der Waals surface area contributed by atoms with Crippen molar-refractivity contribution in [2.45, 2.75) is 38.7 Å². The van der Waals surface area contributed by atoms with Crippen molar-refractivity contribution in [3.8, 4) is 5.75 Å². The predicted octanol–water partition coefficient (Wildman–Crippen LogP) is 5.21. The minimum Gasteiger partial charge on any atom is -0.490 e. The van der Waals surface area contributed by atoms with E-state index >= 15 is 0 Å². The van der Waals surface area contributed by atoms with Crippen LogP contribution in [0.2, 0.25) is 0 Å². The molecule has 0 spiro atoms. The van der Waals surface area contributed by atoms with Crippen molar-refractivity contribution in [2.75, 3.05) is 0 Å². The Kier molecular flexibility index (Phi) is 4.92. The number of ketones is 1. The Morgan fingerprint density at radius 2 is 1.65 bits per heavy atom. The van der Waals surface area contributed by atoms with Crippen LogP contribution in [0.15, 0.2) is 54.6 Å². The molecule has 2 aromatic carbocycles. The highest BCUT2D eigenvalue weighted by atomic mass is 16.5. The Morgan fingerprint density at radius 1 is 1.00 bits per heavy atom. The van der Waals surface area contributed by atoms with E-state index in [2.05, 4.69) is 0 Å². The lowest BCUT2D eigenvalue weighted by Crippen LogP contribution is -2.10. The number of aryl methyl sites for hydroxylation is 1. The van der Waals surface area contributed by atoms with Crippen molar-refractivity contribution < 1.29 is 9.53 Å². The lowest BCUT2D eigenvalue weighted by molar-refractivity contribution is 0.104. The van der Waals surface area contributed by atoms with E-state index in [0.29, 0.717) is 11.7 Å². The molecular formula is C21H22O2. The van der Waals surface area contributed by atoms with Gasteiger partial charge in [-0.2, -0.15) is 0 Å². The molecule has 0 saturated heterocycles. The average molecular weight is 306 g/mol. The molecule has 0 aliphatic heterocycles. The first kappa shape index (κ1) is 15.5. The first-order valence-corrected chi connectivity index (χ1v) is 8.26. The maximum Gasteiger partial charge on any atom is 0.185 e. The molecule has 23 heavy (non-hydrogen) atoms. The highest BCUT2D eigenvalue weighted by Crippen LogP contribution is 2.24. The van der Waals surface area contributed by atoms with Gasteiger partial charge >= 0.3 is 0 Å². The van der Waals surface area contributed by atoms with Gasteiger partial charge in [0.15, 0.2) is 5.78 Å². The fourth-order valence-electron chi connectivity index (χ4n) is 2.84. The summed E-state index contributed by atoms with van der Waals surface area (Å²) >= 11 is 0. The molecule has 118 valence electrons. The van der Waals surface area contributed by atoms with Crippen LogP contribution in [0.3, 0.4) is 0 Å². The average Bonchev–Trinajstić information content (AvgIpc) is 3.07. The van der Waals surface area contributed by atoms with Gasteiger partial charge in [0.1, 0.15) is 5.75 Å². The first-order valence-electron chi connectivity index (χ1n) is 8.26. The Labute approximate surface area is 137 Å². The Balaban J connectivity index is 1.60. The van der Waals surface area contributed by atoms with Crippen LogP contribution in [0.1, 0.15) is 47.2 Å². The molecule has 2 heteroatoms. The fraction of sp³-hybridized carbons (Fsp3) is 0.286. The Bertz CT molecular complexity index is 675. The molecule has 3 rings (SSSR count). The van der Waals surface area contributed by atoms with Gasteiger partial charge in [0.2, 0.25) is 0 Å². The van der Waals surface area contributed by atoms with Crippen LogP contribution in [0.4, 0.5) is 0 Å². The lowest BCUT2D eigenvalue weighted by Gasteiger charge is -2.12. The zero-order valence-corrected chi connectivity index (χ0v) is 13.5. The number of rotatable bonds is 5. The van der Waals surface area contributed by atoms with Crippen LogP contribution < -0.4 is 4.74 Å². The van der Waals surface area contributed by atoms with Crippen LogP contribution in [-0.2, 0) is 0 Å². The summed E-state index contributed by atoms with van der Waals surface area (Å²) in [6.45, 7) is 2.01. The van der Waals surface area contributed by atoms with Crippen LogP contribution >= 0.6 is 0 Å². The second-order valence-corrected chi connectivity index (χ2v) is 6.16. The quantitative estimate of drug-likeness (QED) is 0.559. The Hall–Kier alpha value is -2.35. The standard InChI is InChI=1S/C21H22O2/c1-16-6-11-18(12-7-16)21(22)15-10-17-8-13-20(14-9-17)23-19-4-2-3-5-19/h6-15,19H,2-5H2,1H3/b15-10+. The number of hydrogen-bond donors (Lipinski definition) is 0. The predicted molar refractivity (Wildman–Crippen MR) is 93.9 cm³/mol. The SMILES string of the molecule is Cc1ccc(C(=O)/C=C/c2ccc(OC3CCCC3)cc2)cc1. The van der Waals surface area contributed by atoms with E-state index in [1.54, 1.807) is 6.08 Å². The van der Waals surface area contributed by atoms with Crippen molar-refractivity contribution in [1.29, 1.82) is 0 Å². The molecular weight excluding hydrogens is 284 g/mol. The zero-order valence-electron chi connectivity index (χ0n) is 13.5. The molecule has 0 N–H and O–H groups in total. The largest absolute Gasteiger partial charge is 0.490 e. The van der Waals surface area contributed by atoms with E-state index in [-0.39, 0.29) is 5.78 Å². The molecule has 0 heterocycles. The van der Waals surface area contributed by atoms with Gasteiger partial charge in [-0.3, -0.25) is 4.79 Å². The molecule has 1 fully saturated rings. The molecule has 0 aromatic heterocycles. The Morgan fingerprint density at radius 3 is 2.30 bits per heavy atom. The van der Waals surface area contributed by atoms with Gasteiger partial charge in [-0.25, -0.2) is 0 Å². The van der Waals surface area contributed by atoms with E-state index in [1.165, 1.54) is 12.8 Å². The number of carbonyl (C=O) groups is 1. The minimum absolute atomic E-state index is 0.0243. The van der Waals surface area contributed by atoms with Gasteiger partial charge in [0, 0.05) is 5.56 Å². The number of hydrogen-bond acceptors (Lipinski definition) is 2. The maximum absolute atomic E-state index is 12.1. The number of carbonyl (C=O) groups excluding carboxylic acids is 1. The van der Waals surface area contributed by atoms with Crippen LogP contribution in [0, 0.1) is 6.92 Å². The molecule has 0 atom stereocenters. The van der Waals surface area contributed by atoms with Crippen LogP contribution in [0.5, 0.6) is 5.75 Å². The first-order chi connectivity index (χ1) is 11.2. The molecule has 0 amide bonds. The second-order valence-electron chi connectivity index (χ2n) is 6.16. The highest BCUT2D eigenvalue weighted by Gasteiger charge is 2.16. The van der Waals surface area contributed by atoms with Gasteiger partial charge in [-0.15, -0.1) is 0 Å². The molecule has 2 nitrogen and oxygen atoms in total. The summed E-state index contributed by atoms with van der Waals surface area (Å²) in [7, 11) is 0.